The standard InChI is InChI=1S/C47H97N2O7P/c1-3-5-7-9-11-13-15-17-19-20-21-22-23-24-25-27-29-31-33-35-37-39-46(51)45(43-56-57(53,54)55-41-40-48)49-47(52)42-44(50)38-36-34-32-30-28-26-18-16-14-12-10-8-6-4-2/h44-46,50-51H,3-43,48H2,1-2H3,(H,49,52)(H,53,54). The molecule has 0 rings (SSSR count). The van der Waals surface area contributed by atoms with Crippen molar-refractivity contribution >= 4 is 13.7 Å². The first-order chi connectivity index (χ1) is 27.8. The molecule has 0 bridgehead atoms. The van der Waals surface area contributed by atoms with E-state index in [0.29, 0.717) is 12.8 Å². The van der Waals surface area contributed by atoms with Gasteiger partial charge >= 0.3 is 7.82 Å². The Labute approximate surface area is 353 Å². The highest BCUT2D eigenvalue weighted by Gasteiger charge is 2.28. The molecule has 0 aliphatic rings. The van der Waals surface area contributed by atoms with E-state index < -0.39 is 32.0 Å². The fraction of sp³-hybridized carbons (Fsp3) is 0.979. The number of aliphatic hydroxyl groups excluding tert-OH is 2. The van der Waals surface area contributed by atoms with Crippen molar-refractivity contribution in [3.63, 3.8) is 0 Å². The van der Waals surface area contributed by atoms with Crippen LogP contribution >= 0.6 is 7.82 Å². The van der Waals surface area contributed by atoms with E-state index >= 15 is 0 Å². The number of nitrogens with one attached hydrogen (secondary N) is 1. The molecule has 342 valence electrons. The van der Waals surface area contributed by atoms with Crippen molar-refractivity contribution in [3.8, 4) is 0 Å². The molecule has 0 spiro atoms. The van der Waals surface area contributed by atoms with Crippen LogP contribution in [-0.4, -0.2) is 59.0 Å². The van der Waals surface area contributed by atoms with Gasteiger partial charge in [-0.2, -0.15) is 0 Å². The zero-order chi connectivity index (χ0) is 41.9. The molecule has 10 heteroatoms. The lowest BCUT2D eigenvalue weighted by Gasteiger charge is -2.25. The second-order valence-electron chi connectivity index (χ2n) is 17.2. The van der Waals surface area contributed by atoms with Gasteiger partial charge in [0.25, 0.3) is 0 Å². The van der Waals surface area contributed by atoms with E-state index in [1.54, 1.807) is 0 Å². The molecule has 4 unspecified atom stereocenters. The van der Waals surface area contributed by atoms with Gasteiger partial charge in [-0.15, -0.1) is 0 Å². The van der Waals surface area contributed by atoms with Crippen molar-refractivity contribution in [3.05, 3.63) is 0 Å². The quantitative estimate of drug-likeness (QED) is 0.0300. The van der Waals surface area contributed by atoms with Crippen LogP contribution in [0.25, 0.3) is 0 Å². The fourth-order valence-corrected chi connectivity index (χ4v) is 8.53. The molecule has 0 aromatic rings. The van der Waals surface area contributed by atoms with Crippen molar-refractivity contribution in [2.45, 2.75) is 276 Å². The number of rotatable bonds is 47. The van der Waals surface area contributed by atoms with Crippen LogP contribution in [0.3, 0.4) is 0 Å². The largest absolute Gasteiger partial charge is 0.472 e. The van der Waals surface area contributed by atoms with Gasteiger partial charge in [0, 0.05) is 6.54 Å². The topological polar surface area (TPSA) is 151 Å². The SMILES string of the molecule is CCCCCCCCCCCCCCCCCCCCCCCC(O)C(COP(=O)(O)OCCN)NC(=O)CC(O)CCCCCCCCCCCCCCCC. The van der Waals surface area contributed by atoms with Gasteiger partial charge in [0.15, 0.2) is 0 Å². The van der Waals surface area contributed by atoms with Crippen LogP contribution in [0.15, 0.2) is 0 Å². The van der Waals surface area contributed by atoms with Gasteiger partial charge < -0.3 is 26.2 Å². The maximum Gasteiger partial charge on any atom is 0.472 e. The zero-order valence-corrected chi connectivity index (χ0v) is 38.6. The first kappa shape index (κ1) is 56.5. The lowest BCUT2D eigenvalue weighted by atomic mass is 10.0. The zero-order valence-electron chi connectivity index (χ0n) is 37.7. The second-order valence-corrected chi connectivity index (χ2v) is 18.7. The number of aliphatic hydroxyl groups is 2. The molecule has 0 fully saturated rings. The Bertz CT molecular complexity index is 883. The van der Waals surface area contributed by atoms with Crippen LogP contribution in [0.1, 0.15) is 258 Å². The van der Waals surface area contributed by atoms with Gasteiger partial charge in [0.2, 0.25) is 5.91 Å². The van der Waals surface area contributed by atoms with Crippen LogP contribution in [-0.2, 0) is 18.4 Å². The molecule has 6 N–H and O–H groups in total. The monoisotopic (exact) mass is 833 g/mol. The van der Waals surface area contributed by atoms with Gasteiger partial charge in [0.05, 0.1) is 37.9 Å². The summed E-state index contributed by atoms with van der Waals surface area (Å²) in [5, 5.41) is 24.3. The van der Waals surface area contributed by atoms with Crippen molar-refractivity contribution in [2.75, 3.05) is 19.8 Å². The smallest absolute Gasteiger partial charge is 0.393 e. The molecule has 0 aliphatic heterocycles. The predicted molar refractivity (Wildman–Crippen MR) is 242 cm³/mol. The summed E-state index contributed by atoms with van der Waals surface area (Å²) in [5.41, 5.74) is 5.38. The van der Waals surface area contributed by atoms with E-state index in [1.807, 2.05) is 0 Å². The van der Waals surface area contributed by atoms with Gasteiger partial charge in [-0.1, -0.05) is 239 Å². The summed E-state index contributed by atoms with van der Waals surface area (Å²) in [4.78, 5) is 22.8. The average molecular weight is 833 g/mol. The number of unbranched alkanes of at least 4 members (excludes halogenated alkanes) is 33. The first-order valence-corrected chi connectivity index (χ1v) is 26.2. The van der Waals surface area contributed by atoms with E-state index in [4.69, 9.17) is 14.8 Å². The van der Waals surface area contributed by atoms with Crippen molar-refractivity contribution in [2.24, 2.45) is 5.73 Å². The molecule has 57 heavy (non-hydrogen) atoms. The molecule has 0 saturated heterocycles. The molecular formula is C47H97N2O7P. The lowest BCUT2D eigenvalue weighted by molar-refractivity contribution is -0.125. The highest BCUT2D eigenvalue weighted by molar-refractivity contribution is 7.47. The minimum absolute atomic E-state index is 0.0629. The number of phosphoric acid groups is 1. The Morgan fingerprint density at radius 3 is 1.18 bits per heavy atom. The summed E-state index contributed by atoms with van der Waals surface area (Å²) in [6.07, 6.45) is 44.3. The average Bonchev–Trinajstić information content (AvgIpc) is 3.19. The number of carbonyl (C=O) groups excluding carboxylic acids is 1. The van der Waals surface area contributed by atoms with E-state index in [0.717, 1.165) is 38.5 Å². The Balaban J connectivity index is 4.13. The molecule has 0 aliphatic carbocycles. The normalized spacial score (nSPS) is 14.4. The molecule has 0 radical (unpaired) electrons. The molecule has 0 aromatic carbocycles. The predicted octanol–water partition coefficient (Wildman–Crippen LogP) is 13.1. The summed E-state index contributed by atoms with van der Waals surface area (Å²) in [6, 6.07) is -0.891. The first-order valence-electron chi connectivity index (χ1n) is 24.7. The van der Waals surface area contributed by atoms with Crippen LogP contribution in [0.2, 0.25) is 0 Å². The van der Waals surface area contributed by atoms with E-state index in [-0.39, 0.29) is 26.2 Å². The summed E-state index contributed by atoms with van der Waals surface area (Å²) in [7, 11) is -4.37. The Morgan fingerprint density at radius 1 is 0.526 bits per heavy atom. The second kappa shape index (κ2) is 43.5. The third-order valence-electron chi connectivity index (χ3n) is 11.5. The molecule has 9 nitrogen and oxygen atoms in total. The lowest BCUT2D eigenvalue weighted by Crippen LogP contribution is -2.47. The minimum atomic E-state index is -4.37. The summed E-state index contributed by atoms with van der Waals surface area (Å²) in [6.45, 7) is 4.09. The maximum absolute atomic E-state index is 12.9. The molecular weight excluding hydrogens is 735 g/mol. The number of carbonyl (C=O) groups is 1. The molecule has 0 aromatic heterocycles. The molecule has 4 atom stereocenters. The molecule has 0 heterocycles. The van der Waals surface area contributed by atoms with Crippen molar-refractivity contribution in [1.82, 2.24) is 5.32 Å². The third-order valence-corrected chi connectivity index (χ3v) is 12.5. The maximum atomic E-state index is 12.9. The number of hydrogen-bond acceptors (Lipinski definition) is 7. The van der Waals surface area contributed by atoms with Crippen LogP contribution in [0.5, 0.6) is 0 Å². The number of hydrogen-bond donors (Lipinski definition) is 5. The van der Waals surface area contributed by atoms with Crippen molar-refractivity contribution < 1.29 is 33.5 Å². The van der Waals surface area contributed by atoms with Gasteiger partial charge in [-0.3, -0.25) is 13.8 Å². The summed E-state index contributed by atoms with van der Waals surface area (Å²) >= 11 is 0. The number of amides is 1. The number of phosphoric ester groups is 1. The van der Waals surface area contributed by atoms with E-state index in [1.165, 1.54) is 186 Å². The van der Waals surface area contributed by atoms with Gasteiger partial charge in [-0.05, 0) is 12.8 Å². The van der Waals surface area contributed by atoms with Crippen LogP contribution < -0.4 is 11.1 Å². The van der Waals surface area contributed by atoms with Crippen molar-refractivity contribution in [1.29, 1.82) is 0 Å². The third kappa shape index (κ3) is 42.0. The molecule has 0 saturated carbocycles. The number of nitrogens with two attached hydrogens (primary N) is 1. The summed E-state index contributed by atoms with van der Waals surface area (Å²) in [5.74, 6) is -0.407. The Hall–Kier alpha value is -0.540. The molecule has 1 amide bonds. The minimum Gasteiger partial charge on any atom is -0.393 e. The Kier molecular flexibility index (Phi) is 43.1. The highest BCUT2D eigenvalue weighted by atomic mass is 31.2. The highest BCUT2D eigenvalue weighted by Crippen LogP contribution is 2.43. The summed E-state index contributed by atoms with van der Waals surface area (Å²) < 4.78 is 22.2. The Morgan fingerprint density at radius 2 is 0.842 bits per heavy atom. The van der Waals surface area contributed by atoms with Crippen LogP contribution in [0, 0.1) is 0 Å². The van der Waals surface area contributed by atoms with Gasteiger partial charge in [0.1, 0.15) is 0 Å². The van der Waals surface area contributed by atoms with Gasteiger partial charge in [-0.25, -0.2) is 4.57 Å². The fourth-order valence-electron chi connectivity index (χ4n) is 7.77. The van der Waals surface area contributed by atoms with E-state index in [2.05, 4.69) is 19.2 Å². The van der Waals surface area contributed by atoms with E-state index in [9.17, 15) is 24.5 Å². The van der Waals surface area contributed by atoms with Crippen LogP contribution in [0.4, 0.5) is 0 Å².